The van der Waals surface area contributed by atoms with Gasteiger partial charge >= 0.3 is 0 Å². The third-order valence-electron chi connectivity index (χ3n) is 4.90. The van der Waals surface area contributed by atoms with E-state index < -0.39 is 0 Å². The molecule has 0 radical (unpaired) electrons. The first kappa shape index (κ1) is 26.4. The first-order chi connectivity index (χ1) is 15.5. The number of halogens is 2. The zero-order chi connectivity index (χ0) is 22.9. The van der Waals surface area contributed by atoms with E-state index in [1.54, 1.807) is 25.3 Å². The first-order valence-corrected chi connectivity index (χ1v) is 10.4. The highest BCUT2D eigenvalue weighted by Gasteiger charge is 2.11. The van der Waals surface area contributed by atoms with Gasteiger partial charge in [-0.1, -0.05) is 24.3 Å². The molecule has 2 N–H and O–H groups in total. The van der Waals surface area contributed by atoms with E-state index in [1.807, 2.05) is 49.7 Å². The fourth-order valence-electron chi connectivity index (χ4n) is 2.88. The number of ether oxygens (including phenoxy) is 2. The Labute approximate surface area is 210 Å². The molecule has 178 valence electrons. The summed E-state index contributed by atoms with van der Waals surface area (Å²) in [5.74, 6) is 2.84. The van der Waals surface area contributed by atoms with Gasteiger partial charge in [-0.15, -0.1) is 34.2 Å². The van der Waals surface area contributed by atoms with Gasteiger partial charge in [0.1, 0.15) is 17.7 Å². The number of rotatable bonds is 9. The summed E-state index contributed by atoms with van der Waals surface area (Å²) >= 11 is 0. The van der Waals surface area contributed by atoms with E-state index in [4.69, 9.17) is 9.47 Å². The lowest BCUT2D eigenvalue weighted by molar-refractivity contribution is 0.214. The van der Waals surface area contributed by atoms with Crippen LogP contribution in [0.3, 0.4) is 0 Å². The van der Waals surface area contributed by atoms with E-state index in [1.165, 1.54) is 6.07 Å². The van der Waals surface area contributed by atoms with Crippen LogP contribution in [0.15, 0.2) is 53.5 Å². The molecule has 0 spiro atoms. The molecular formula is C23H30FIN6O2. The van der Waals surface area contributed by atoms with Crippen molar-refractivity contribution in [2.45, 2.75) is 33.0 Å². The van der Waals surface area contributed by atoms with E-state index in [0.717, 1.165) is 23.0 Å². The van der Waals surface area contributed by atoms with E-state index in [2.05, 4.69) is 25.8 Å². The number of hydrogen-bond donors (Lipinski definition) is 2. The molecule has 0 saturated carbocycles. The van der Waals surface area contributed by atoms with Crippen LogP contribution in [0.25, 0.3) is 0 Å². The Morgan fingerprint density at radius 2 is 1.85 bits per heavy atom. The van der Waals surface area contributed by atoms with Crippen LogP contribution in [0.2, 0.25) is 0 Å². The quantitative estimate of drug-likeness (QED) is 0.233. The minimum Gasteiger partial charge on any atom is -0.497 e. The van der Waals surface area contributed by atoms with Crippen molar-refractivity contribution in [2.24, 2.45) is 12.0 Å². The Hall–Kier alpha value is -2.89. The van der Waals surface area contributed by atoms with Crippen LogP contribution in [0.4, 0.5) is 4.39 Å². The molecule has 8 nitrogen and oxygen atoms in total. The summed E-state index contributed by atoms with van der Waals surface area (Å²) < 4.78 is 26.7. The lowest BCUT2D eigenvalue weighted by Gasteiger charge is -2.18. The molecule has 3 aromatic rings. The molecule has 0 aliphatic rings. The number of benzene rings is 2. The van der Waals surface area contributed by atoms with Gasteiger partial charge in [0.05, 0.1) is 26.7 Å². The molecule has 0 saturated heterocycles. The lowest BCUT2D eigenvalue weighted by Crippen LogP contribution is -2.42. The van der Waals surface area contributed by atoms with Gasteiger partial charge in [0, 0.05) is 7.05 Å². The van der Waals surface area contributed by atoms with Crippen LogP contribution in [0, 0.1) is 12.7 Å². The second kappa shape index (κ2) is 13.0. The van der Waals surface area contributed by atoms with Gasteiger partial charge in [-0.2, -0.15) is 0 Å². The summed E-state index contributed by atoms with van der Waals surface area (Å²) in [7, 11) is 3.55. The molecule has 0 bridgehead atoms. The molecular weight excluding hydrogens is 538 g/mol. The molecule has 0 aliphatic heterocycles. The normalized spacial score (nSPS) is 12.0. The molecule has 1 unspecified atom stereocenters. The van der Waals surface area contributed by atoms with Crippen molar-refractivity contribution < 1.29 is 13.9 Å². The molecule has 10 heteroatoms. The first-order valence-electron chi connectivity index (χ1n) is 10.4. The summed E-state index contributed by atoms with van der Waals surface area (Å²) in [6.07, 6.45) is -0.281. The monoisotopic (exact) mass is 568 g/mol. The van der Waals surface area contributed by atoms with Crippen LogP contribution in [0.5, 0.6) is 11.5 Å². The molecule has 0 fully saturated rings. The summed E-state index contributed by atoms with van der Waals surface area (Å²) in [4.78, 5) is 4.66. The number of nitrogens with zero attached hydrogens (tertiary/aromatic N) is 4. The van der Waals surface area contributed by atoms with E-state index in [0.29, 0.717) is 25.6 Å². The Morgan fingerprint density at radius 3 is 2.48 bits per heavy atom. The third kappa shape index (κ3) is 7.88. The summed E-state index contributed by atoms with van der Waals surface area (Å²) in [5.41, 5.74) is 1.04. The van der Waals surface area contributed by atoms with Crippen molar-refractivity contribution in [1.82, 2.24) is 25.4 Å². The van der Waals surface area contributed by atoms with Crippen molar-refractivity contribution in [1.29, 1.82) is 0 Å². The highest BCUT2D eigenvalue weighted by Crippen LogP contribution is 2.16. The molecule has 0 aliphatic carbocycles. The van der Waals surface area contributed by atoms with Crippen LogP contribution < -0.4 is 20.1 Å². The average Bonchev–Trinajstić information content (AvgIpc) is 3.12. The molecule has 3 rings (SSSR count). The van der Waals surface area contributed by atoms with Gasteiger partial charge in [0.15, 0.2) is 23.4 Å². The molecule has 1 aromatic heterocycles. The van der Waals surface area contributed by atoms with Crippen molar-refractivity contribution in [3.8, 4) is 11.5 Å². The maximum Gasteiger partial charge on any atom is 0.192 e. The molecule has 0 amide bonds. The largest absolute Gasteiger partial charge is 0.497 e. The number of hydrogen-bond acceptors (Lipinski definition) is 5. The van der Waals surface area contributed by atoms with Gasteiger partial charge in [-0.3, -0.25) is 0 Å². The minimum atomic E-state index is -0.386. The summed E-state index contributed by atoms with van der Waals surface area (Å²) in [6, 6.07) is 14.1. The van der Waals surface area contributed by atoms with Crippen LogP contribution in [-0.4, -0.2) is 40.5 Å². The van der Waals surface area contributed by atoms with Gasteiger partial charge in [-0.25, -0.2) is 9.38 Å². The fraction of sp³-hybridized carbons (Fsp3) is 0.348. The van der Waals surface area contributed by atoms with Crippen molar-refractivity contribution >= 4 is 29.9 Å². The maximum absolute atomic E-state index is 13.9. The fourth-order valence-corrected chi connectivity index (χ4v) is 2.88. The second-order valence-corrected chi connectivity index (χ2v) is 7.33. The molecule has 33 heavy (non-hydrogen) atoms. The third-order valence-corrected chi connectivity index (χ3v) is 4.90. The number of aryl methyl sites for hydroxylation is 1. The van der Waals surface area contributed by atoms with E-state index >= 15 is 0 Å². The maximum atomic E-state index is 13.9. The van der Waals surface area contributed by atoms with Crippen molar-refractivity contribution in [2.75, 3.05) is 13.7 Å². The number of aromatic nitrogens is 3. The van der Waals surface area contributed by atoms with E-state index in [9.17, 15) is 4.39 Å². The molecule has 1 atom stereocenters. The summed E-state index contributed by atoms with van der Waals surface area (Å²) in [6.45, 7) is 5.12. The standard InChI is InChI=1S/C23H29FN6O2.HI/c1-16(32-21-8-6-5-7-20(21)24)13-25-23(27-15-22-29-28-17(2)30(22)3)26-14-18-9-11-19(31-4)12-10-18;/h5-12,16H,13-15H2,1-4H3,(H2,25,26,27);1H. The SMILES string of the molecule is COc1ccc(CN=C(NCc2nnc(C)n2C)NCC(C)Oc2ccccc2F)cc1.I. The average molecular weight is 568 g/mol. The molecule has 2 aromatic carbocycles. The number of guanidine groups is 1. The zero-order valence-corrected chi connectivity index (χ0v) is 21.5. The van der Waals surface area contributed by atoms with Crippen LogP contribution in [-0.2, 0) is 20.1 Å². The smallest absolute Gasteiger partial charge is 0.192 e. The molecule has 1 heterocycles. The second-order valence-electron chi connectivity index (χ2n) is 7.33. The highest BCUT2D eigenvalue weighted by atomic mass is 127. The highest BCUT2D eigenvalue weighted by molar-refractivity contribution is 14.0. The predicted octanol–water partition coefficient (Wildman–Crippen LogP) is 3.59. The topological polar surface area (TPSA) is 85.6 Å². The number of methoxy groups -OCH3 is 1. The number of para-hydroxylation sites is 1. The van der Waals surface area contributed by atoms with Gasteiger partial charge in [0.25, 0.3) is 0 Å². The van der Waals surface area contributed by atoms with Gasteiger partial charge in [0.2, 0.25) is 0 Å². The lowest BCUT2D eigenvalue weighted by atomic mass is 10.2. The van der Waals surface area contributed by atoms with Gasteiger partial charge < -0.3 is 24.7 Å². The Bertz CT molecular complexity index is 1040. The van der Waals surface area contributed by atoms with Crippen molar-refractivity contribution in [3.05, 3.63) is 71.6 Å². The number of nitrogens with one attached hydrogen (secondary N) is 2. The van der Waals surface area contributed by atoms with E-state index in [-0.39, 0.29) is 41.6 Å². The number of aliphatic imine (C=N–C) groups is 1. The van der Waals surface area contributed by atoms with Crippen molar-refractivity contribution in [3.63, 3.8) is 0 Å². The van der Waals surface area contributed by atoms with Gasteiger partial charge in [-0.05, 0) is 43.7 Å². The minimum absolute atomic E-state index is 0. The van der Waals surface area contributed by atoms with Crippen LogP contribution >= 0.6 is 24.0 Å². The van der Waals surface area contributed by atoms with Crippen LogP contribution in [0.1, 0.15) is 24.1 Å². The Kier molecular flexibility index (Phi) is 10.4. The Balaban J connectivity index is 0.00000385. The summed E-state index contributed by atoms with van der Waals surface area (Å²) in [5, 5.41) is 14.8. The zero-order valence-electron chi connectivity index (χ0n) is 19.2. The predicted molar refractivity (Wildman–Crippen MR) is 137 cm³/mol. The Morgan fingerprint density at radius 1 is 1.12 bits per heavy atom.